The van der Waals surface area contributed by atoms with Crippen LogP contribution in [-0.4, -0.2) is 102 Å². The Kier molecular flexibility index (Phi) is 53.9. The molecular formula is C57H128O9. The maximum absolute atomic E-state index is 9.30. The SMILES string of the molecule is CC(C)C(C)(C)CO.CC(C)C1(CO)CC1.CC(C)CC(C)(C)O.CC(C)CC1(O)CC1.CC(C)CCO.CC(C)C[C@@H](C)O.CC(C)C[C@H](C)O.CC(C)[C@@H](C)CO.CC(C)[C@H](C)CO. The molecule has 0 aromatic rings. The van der Waals surface area contributed by atoms with Crippen LogP contribution in [-0.2, 0) is 0 Å². The molecule has 2 fully saturated rings. The van der Waals surface area contributed by atoms with Gasteiger partial charge in [0.05, 0.1) is 23.4 Å². The summed E-state index contributed by atoms with van der Waals surface area (Å²) in [6, 6.07) is 0. The highest BCUT2D eigenvalue weighted by molar-refractivity contribution is 4.94. The molecule has 2 aliphatic rings. The minimum Gasteiger partial charge on any atom is -0.396 e. The average Bonchev–Trinajstić information content (AvgIpc) is 4.07. The Bertz CT molecular complexity index is 894. The van der Waals surface area contributed by atoms with Gasteiger partial charge in [0.1, 0.15) is 0 Å². The van der Waals surface area contributed by atoms with E-state index in [4.69, 9.17) is 35.7 Å². The van der Waals surface area contributed by atoms with Crippen LogP contribution < -0.4 is 0 Å². The predicted molar refractivity (Wildman–Crippen MR) is 290 cm³/mol. The van der Waals surface area contributed by atoms with Gasteiger partial charge in [0.15, 0.2) is 0 Å². The molecule has 0 aromatic heterocycles. The molecular weight excluding hydrogens is 829 g/mol. The second kappa shape index (κ2) is 44.6. The number of aliphatic hydroxyl groups excluding tert-OH is 7. The molecule has 9 heteroatoms. The van der Waals surface area contributed by atoms with Crippen molar-refractivity contribution in [2.45, 2.75) is 261 Å². The molecule has 9 N–H and O–H groups in total. The average molecular weight is 958 g/mol. The molecule has 4 atom stereocenters. The first-order chi connectivity index (χ1) is 29.6. The summed E-state index contributed by atoms with van der Waals surface area (Å²) in [5.41, 5.74) is -0.262. The smallest absolute Gasteiger partial charge is 0.0652 e. The van der Waals surface area contributed by atoms with Crippen LogP contribution in [0.25, 0.3) is 0 Å². The van der Waals surface area contributed by atoms with Crippen molar-refractivity contribution in [1.29, 1.82) is 0 Å². The van der Waals surface area contributed by atoms with E-state index in [1.807, 2.05) is 41.5 Å². The zero-order valence-electron chi connectivity index (χ0n) is 49.4. The third-order valence-electron chi connectivity index (χ3n) is 12.1. The molecule has 410 valence electrons. The summed E-state index contributed by atoms with van der Waals surface area (Å²) in [4.78, 5) is 0. The van der Waals surface area contributed by atoms with Crippen molar-refractivity contribution in [3.63, 3.8) is 0 Å². The number of aliphatic hydroxyl groups is 9. The van der Waals surface area contributed by atoms with Gasteiger partial charge in [0.2, 0.25) is 0 Å². The Hall–Kier alpha value is -0.360. The fourth-order valence-corrected chi connectivity index (χ4v) is 5.41. The molecule has 0 unspecified atom stereocenters. The van der Waals surface area contributed by atoms with Gasteiger partial charge in [0.25, 0.3) is 0 Å². The topological polar surface area (TPSA) is 182 Å². The third kappa shape index (κ3) is 67.9. The summed E-state index contributed by atoms with van der Waals surface area (Å²) in [7, 11) is 0. The largest absolute Gasteiger partial charge is 0.396 e. The van der Waals surface area contributed by atoms with Gasteiger partial charge in [-0.3, -0.25) is 0 Å². The zero-order valence-corrected chi connectivity index (χ0v) is 49.4. The van der Waals surface area contributed by atoms with E-state index in [0.29, 0.717) is 96.9 Å². The molecule has 66 heavy (non-hydrogen) atoms. The molecule has 0 spiro atoms. The van der Waals surface area contributed by atoms with Gasteiger partial charge in [-0.1, -0.05) is 152 Å². The summed E-state index contributed by atoms with van der Waals surface area (Å²) in [5, 5.41) is 78.8. The highest BCUT2D eigenvalue weighted by Crippen LogP contribution is 2.51. The number of hydrogen-bond acceptors (Lipinski definition) is 9. The first kappa shape index (κ1) is 79.8. The fraction of sp³-hybridized carbons (Fsp3) is 1.00. The van der Waals surface area contributed by atoms with E-state index in [2.05, 4.69) is 138 Å². The van der Waals surface area contributed by atoms with Gasteiger partial charge < -0.3 is 46.0 Å². The Morgan fingerprint density at radius 1 is 0.485 bits per heavy atom. The van der Waals surface area contributed by atoms with Crippen LogP contribution in [0.1, 0.15) is 238 Å². The Morgan fingerprint density at radius 3 is 0.848 bits per heavy atom. The van der Waals surface area contributed by atoms with Crippen LogP contribution >= 0.6 is 0 Å². The van der Waals surface area contributed by atoms with Crippen LogP contribution in [0.3, 0.4) is 0 Å². The first-order valence-corrected chi connectivity index (χ1v) is 26.5. The highest BCUT2D eigenvalue weighted by Gasteiger charge is 2.44. The van der Waals surface area contributed by atoms with Crippen LogP contribution in [0.2, 0.25) is 0 Å². The highest BCUT2D eigenvalue weighted by atomic mass is 16.3. The number of rotatable bonds is 18. The van der Waals surface area contributed by atoms with Crippen molar-refractivity contribution in [3.05, 3.63) is 0 Å². The van der Waals surface area contributed by atoms with Gasteiger partial charge in [-0.05, 0) is 161 Å². The van der Waals surface area contributed by atoms with Crippen molar-refractivity contribution >= 4 is 0 Å². The molecule has 2 saturated carbocycles. The minimum absolute atomic E-state index is 0.0972. The van der Waals surface area contributed by atoms with Gasteiger partial charge in [0, 0.05) is 33.0 Å². The third-order valence-corrected chi connectivity index (χ3v) is 12.1. The van der Waals surface area contributed by atoms with Crippen molar-refractivity contribution < 1.29 is 46.0 Å². The van der Waals surface area contributed by atoms with E-state index >= 15 is 0 Å². The lowest BCUT2D eigenvalue weighted by Gasteiger charge is -2.25. The van der Waals surface area contributed by atoms with Crippen LogP contribution in [0, 0.1) is 75.9 Å². The molecule has 0 amide bonds. The summed E-state index contributed by atoms with van der Waals surface area (Å²) in [6.45, 7) is 55.4. The summed E-state index contributed by atoms with van der Waals surface area (Å²) in [6.07, 6.45) is 8.93. The molecule has 2 aliphatic carbocycles. The zero-order chi connectivity index (χ0) is 54.4. The second-order valence-corrected chi connectivity index (χ2v) is 24.9. The van der Waals surface area contributed by atoms with E-state index < -0.39 is 5.60 Å². The van der Waals surface area contributed by atoms with Gasteiger partial charge in [-0.15, -0.1) is 0 Å². The molecule has 0 aliphatic heterocycles. The Morgan fingerprint density at radius 2 is 0.833 bits per heavy atom. The summed E-state index contributed by atoms with van der Waals surface area (Å²) in [5.74, 6) is 6.53. The molecule has 0 aromatic carbocycles. The lowest BCUT2D eigenvalue weighted by molar-refractivity contribution is 0.0578. The normalized spacial score (nSPS) is 16.2. The quantitative estimate of drug-likeness (QED) is 0.0646. The molecule has 0 heterocycles. The fourth-order valence-electron chi connectivity index (χ4n) is 5.41. The lowest BCUT2D eigenvalue weighted by Crippen LogP contribution is -2.23. The van der Waals surface area contributed by atoms with Gasteiger partial charge in [-0.25, -0.2) is 0 Å². The number of hydrogen-bond donors (Lipinski definition) is 9. The minimum atomic E-state index is -0.478. The molecule has 9 nitrogen and oxygen atoms in total. The summed E-state index contributed by atoms with van der Waals surface area (Å²) >= 11 is 0. The monoisotopic (exact) mass is 957 g/mol. The van der Waals surface area contributed by atoms with E-state index in [1.54, 1.807) is 0 Å². The van der Waals surface area contributed by atoms with Crippen molar-refractivity contribution in [2.75, 3.05) is 33.0 Å². The van der Waals surface area contributed by atoms with Gasteiger partial charge in [-0.2, -0.15) is 0 Å². The van der Waals surface area contributed by atoms with Crippen LogP contribution in [0.4, 0.5) is 0 Å². The van der Waals surface area contributed by atoms with Crippen molar-refractivity contribution in [1.82, 2.24) is 0 Å². The van der Waals surface area contributed by atoms with Crippen LogP contribution in [0.15, 0.2) is 0 Å². The Balaban J connectivity index is -0.000000119. The van der Waals surface area contributed by atoms with Gasteiger partial charge >= 0.3 is 0 Å². The maximum Gasteiger partial charge on any atom is 0.0652 e. The predicted octanol–water partition coefficient (Wildman–Crippen LogP) is 12.8. The van der Waals surface area contributed by atoms with E-state index in [-0.39, 0.29) is 29.8 Å². The second-order valence-electron chi connectivity index (χ2n) is 24.9. The first-order valence-electron chi connectivity index (χ1n) is 26.5. The Labute approximate surface area is 414 Å². The van der Waals surface area contributed by atoms with Crippen molar-refractivity contribution in [2.24, 2.45) is 75.9 Å². The van der Waals surface area contributed by atoms with Crippen molar-refractivity contribution in [3.8, 4) is 0 Å². The molecule has 2 rings (SSSR count). The lowest BCUT2D eigenvalue weighted by atomic mass is 9.82. The van der Waals surface area contributed by atoms with Crippen LogP contribution in [0.5, 0.6) is 0 Å². The molecule has 0 radical (unpaired) electrons. The molecule has 0 saturated heterocycles. The maximum atomic E-state index is 9.30. The van der Waals surface area contributed by atoms with E-state index in [0.717, 1.165) is 44.9 Å². The van der Waals surface area contributed by atoms with E-state index in [1.165, 1.54) is 12.8 Å². The summed E-state index contributed by atoms with van der Waals surface area (Å²) < 4.78 is 0. The standard InChI is InChI=1S/2C7H14O.2C7H16O.4C6H14O.C5H12O/c1-6(2)7(5-8)3-4-7;1-6(2)5-7(8)3-4-7;1-6(2)7(3,4)5-8;1-6(2)5-7(3,4)8;2*1-5(2)6(3)4-7;2*1-5(2)4-6(3)7;1-5(2)3-4-6/h2*6,8H,3-5H2,1-2H3;2*6,8H,5H2,1-4H3;4*5-7H,4H2,1-3H3;5-6H,3-4H2,1-2H3/t;;;;4*6-;/m....1010./s1. The van der Waals surface area contributed by atoms with E-state index in [9.17, 15) is 10.2 Å². The molecule has 0 bridgehead atoms.